The lowest BCUT2D eigenvalue weighted by molar-refractivity contribution is 0.0990. The lowest BCUT2D eigenvalue weighted by Crippen LogP contribution is -2.09. The van der Waals surface area contributed by atoms with Gasteiger partial charge >= 0.3 is 0 Å². The summed E-state index contributed by atoms with van der Waals surface area (Å²) in [6, 6.07) is 20.8. The molecule has 0 spiro atoms. The van der Waals surface area contributed by atoms with E-state index in [0.717, 1.165) is 16.5 Å². The first-order valence-corrected chi connectivity index (χ1v) is 9.87. The standard InChI is InChI=1S/C22H15N3O3S/c26-19(16-13-23-17-10-5-4-9-15(16)17)20(14-7-2-1-3-8-14)29-22-25-24-21(28-22)18-11-6-12-27-18/h1-13,20,23H/t20-/m0/s1. The highest BCUT2D eigenvalue weighted by Crippen LogP contribution is 2.39. The quantitative estimate of drug-likeness (QED) is 0.298. The van der Waals surface area contributed by atoms with Crippen LogP contribution in [0.25, 0.3) is 22.6 Å². The predicted molar refractivity (Wildman–Crippen MR) is 110 cm³/mol. The van der Waals surface area contributed by atoms with E-state index in [1.54, 1.807) is 24.6 Å². The summed E-state index contributed by atoms with van der Waals surface area (Å²) in [7, 11) is 0. The van der Waals surface area contributed by atoms with E-state index in [-0.39, 0.29) is 11.7 Å². The van der Waals surface area contributed by atoms with Crippen LogP contribution in [0, 0.1) is 0 Å². The smallest absolute Gasteiger partial charge is 0.284 e. The van der Waals surface area contributed by atoms with E-state index in [2.05, 4.69) is 15.2 Å². The molecule has 3 heterocycles. The summed E-state index contributed by atoms with van der Waals surface area (Å²) in [5.74, 6) is 0.740. The van der Waals surface area contributed by atoms with E-state index >= 15 is 0 Å². The Morgan fingerprint density at radius 1 is 0.966 bits per heavy atom. The van der Waals surface area contributed by atoms with Gasteiger partial charge in [-0.3, -0.25) is 4.79 Å². The molecular weight excluding hydrogens is 386 g/mol. The zero-order valence-electron chi connectivity index (χ0n) is 15.1. The number of rotatable bonds is 6. The molecule has 5 rings (SSSR count). The lowest BCUT2D eigenvalue weighted by Gasteiger charge is -2.13. The van der Waals surface area contributed by atoms with E-state index in [4.69, 9.17) is 8.83 Å². The second-order valence-corrected chi connectivity index (χ2v) is 7.43. The topological polar surface area (TPSA) is 84.9 Å². The maximum absolute atomic E-state index is 13.5. The van der Waals surface area contributed by atoms with Crippen molar-refractivity contribution < 1.29 is 13.6 Å². The molecule has 1 atom stereocenters. The number of aromatic nitrogens is 3. The van der Waals surface area contributed by atoms with Crippen molar-refractivity contribution in [1.82, 2.24) is 15.2 Å². The Morgan fingerprint density at radius 3 is 2.62 bits per heavy atom. The van der Waals surface area contributed by atoms with Gasteiger partial charge in [0.1, 0.15) is 5.25 Å². The summed E-state index contributed by atoms with van der Waals surface area (Å²) >= 11 is 1.23. The number of fused-ring (bicyclic) bond motifs is 1. The molecule has 0 fully saturated rings. The molecule has 0 amide bonds. The average Bonchev–Trinajstić information content (AvgIpc) is 3.52. The Hall–Kier alpha value is -3.58. The molecule has 0 bridgehead atoms. The molecule has 1 N–H and O–H groups in total. The Labute approximate surface area is 170 Å². The van der Waals surface area contributed by atoms with Crippen LogP contribution in [-0.2, 0) is 0 Å². The van der Waals surface area contributed by atoms with Gasteiger partial charge in [0.25, 0.3) is 11.1 Å². The van der Waals surface area contributed by atoms with Crippen LogP contribution in [0.15, 0.2) is 93.2 Å². The maximum Gasteiger partial charge on any atom is 0.284 e. The van der Waals surface area contributed by atoms with Crippen molar-refractivity contribution >= 4 is 28.4 Å². The van der Waals surface area contributed by atoms with Crippen molar-refractivity contribution in [2.75, 3.05) is 0 Å². The summed E-state index contributed by atoms with van der Waals surface area (Å²) in [5, 5.41) is 8.78. The fourth-order valence-corrected chi connectivity index (χ4v) is 4.12. The number of para-hydroxylation sites is 1. The highest BCUT2D eigenvalue weighted by atomic mass is 32.2. The summed E-state index contributed by atoms with van der Waals surface area (Å²) < 4.78 is 11.0. The average molecular weight is 401 g/mol. The zero-order chi connectivity index (χ0) is 19.6. The molecule has 7 heteroatoms. The van der Waals surface area contributed by atoms with Crippen LogP contribution in [0.2, 0.25) is 0 Å². The Kier molecular flexibility index (Phi) is 4.50. The molecule has 0 unspecified atom stereocenters. The number of hydrogen-bond acceptors (Lipinski definition) is 6. The van der Waals surface area contributed by atoms with Gasteiger partial charge in [-0.2, -0.15) is 0 Å². The maximum atomic E-state index is 13.5. The number of thioether (sulfide) groups is 1. The van der Waals surface area contributed by atoms with Gasteiger partial charge in [0.15, 0.2) is 11.5 Å². The van der Waals surface area contributed by atoms with Crippen LogP contribution >= 0.6 is 11.8 Å². The number of ketones is 1. The van der Waals surface area contributed by atoms with Crippen LogP contribution in [0.1, 0.15) is 21.2 Å². The van der Waals surface area contributed by atoms with Gasteiger partial charge in [0.2, 0.25) is 0 Å². The van der Waals surface area contributed by atoms with Gasteiger partial charge in [-0.1, -0.05) is 48.5 Å². The third-order valence-corrected chi connectivity index (χ3v) is 5.64. The van der Waals surface area contributed by atoms with Gasteiger partial charge in [0, 0.05) is 22.7 Å². The number of nitrogens with zero attached hydrogens (tertiary/aromatic N) is 2. The van der Waals surface area contributed by atoms with E-state index in [1.807, 2.05) is 54.6 Å². The fraction of sp³-hybridized carbons (Fsp3) is 0.0455. The Bertz CT molecular complexity index is 1260. The van der Waals surface area contributed by atoms with Gasteiger partial charge in [0.05, 0.1) is 6.26 Å². The first kappa shape index (κ1) is 17.5. The van der Waals surface area contributed by atoms with Crippen LogP contribution in [0.4, 0.5) is 0 Å². The zero-order valence-corrected chi connectivity index (χ0v) is 15.9. The molecule has 2 aromatic carbocycles. The molecule has 0 aliphatic heterocycles. The normalized spacial score (nSPS) is 12.3. The summed E-state index contributed by atoms with van der Waals surface area (Å²) in [5.41, 5.74) is 2.42. The van der Waals surface area contributed by atoms with Crippen molar-refractivity contribution in [3.8, 4) is 11.7 Å². The second kappa shape index (κ2) is 7.44. The molecule has 6 nitrogen and oxygen atoms in total. The van der Waals surface area contributed by atoms with Crippen LogP contribution in [-0.4, -0.2) is 21.0 Å². The number of benzene rings is 2. The largest absolute Gasteiger partial charge is 0.459 e. The molecule has 5 aromatic rings. The number of aromatic amines is 1. The number of carbonyl (C=O) groups excluding carboxylic acids is 1. The van der Waals surface area contributed by atoms with E-state index in [1.165, 1.54) is 11.8 Å². The lowest BCUT2D eigenvalue weighted by atomic mass is 10.0. The monoisotopic (exact) mass is 401 g/mol. The minimum atomic E-state index is -0.527. The number of furan rings is 1. The number of carbonyl (C=O) groups is 1. The molecule has 142 valence electrons. The summed E-state index contributed by atoms with van der Waals surface area (Å²) in [4.78, 5) is 16.7. The minimum absolute atomic E-state index is 0.0311. The first-order chi connectivity index (χ1) is 14.3. The third kappa shape index (κ3) is 3.36. The molecule has 29 heavy (non-hydrogen) atoms. The van der Waals surface area contributed by atoms with Crippen molar-refractivity contribution in [1.29, 1.82) is 0 Å². The molecule has 0 aliphatic rings. The number of nitrogens with one attached hydrogen (secondary N) is 1. The first-order valence-electron chi connectivity index (χ1n) is 8.99. The Morgan fingerprint density at radius 2 is 1.79 bits per heavy atom. The van der Waals surface area contributed by atoms with Crippen LogP contribution < -0.4 is 0 Å². The van der Waals surface area contributed by atoms with E-state index in [0.29, 0.717) is 16.5 Å². The minimum Gasteiger partial charge on any atom is -0.459 e. The van der Waals surface area contributed by atoms with Crippen LogP contribution in [0.3, 0.4) is 0 Å². The molecule has 0 saturated carbocycles. The van der Waals surface area contributed by atoms with Crippen molar-refractivity contribution in [2.24, 2.45) is 0 Å². The summed E-state index contributed by atoms with van der Waals surface area (Å²) in [6.07, 6.45) is 3.30. The van der Waals surface area contributed by atoms with Gasteiger partial charge in [-0.25, -0.2) is 0 Å². The van der Waals surface area contributed by atoms with Gasteiger partial charge < -0.3 is 13.8 Å². The fourth-order valence-electron chi connectivity index (χ4n) is 3.18. The number of hydrogen-bond donors (Lipinski definition) is 1. The highest BCUT2D eigenvalue weighted by Gasteiger charge is 2.28. The SMILES string of the molecule is O=C(c1c[nH]c2ccccc12)[C@@H](Sc1nnc(-c2ccco2)o1)c1ccccc1. The third-order valence-electron chi connectivity index (χ3n) is 4.55. The van der Waals surface area contributed by atoms with Gasteiger partial charge in [-0.05, 0) is 35.5 Å². The number of Topliss-reactive ketones (excluding diaryl/α,β-unsaturated/α-hetero) is 1. The van der Waals surface area contributed by atoms with E-state index < -0.39 is 5.25 Å². The molecule has 0 radical (unpaired) electrons. The van der Waals surface area contributed by atoms with Crippen molar-refractivity contribution in [3.05, 3.63) is 90.3 Å². The highest BCUT2D eigenvalue weighted by molar-refractivity contribution is 8.00. The molecule has 3 aromatic heterocycles. The molecule has 0 saturated heterocycles. The van der Waals surface area contributed by atoms with Crippen molar-refractivity contribution in [3.63, 3.8) is 0 Å². The van der Waals surface area contributed by atoms with Crippen LogP contribution in [0.5, 0.6) is 0 Å². The van der Waals surface area contributed by atoms with Crippen molar-refractivity contribution in [2.45, 2.75) is 10.5 Å². The Balaban J connectivity index is 1.51. The van der Waals surface area contributed by atoms with Gasteiger partial charge in [-0.15, -0.1) is 10.2 Å². The predicted octanol–water partition coefficient (Wildman–Crippen LogP) is 5.53. The number of H-pyrrole nitrogens is 1. The summed E-state index contributed by atoms with van der Waals surface area (Å²) in [6.45, 7) is 0. The molecular formula is C22H15N3O3S. The van der Waals surface area contributed by atoms with E-state index in [9.17, 15) is 4.79 Å². The molecule has 0 aliphatic carbocycles. The second-order valence-electron chi connectivity index (χ2n) is 6.37.